The zero-order valence-corrected chi connectivity index (χ0v) is 15.4. The van der Waals surface area contributed by atoms with Crippen molar-refractivity contribution in [2.45, 2.75) is 34.2 Å². The van der Waals surface area contributed by atoms with E-state index < -0.39 is 5.97 Å². The Hall–Kier alpha value is -2.65. The van der Waals surface area contributed by atoms with E-state index in [9.17, 15) is 15.2 Å². The van der Waals surface area contributed by atoms with Gasteiger partial charge < -0.3 is 9.67 Å². The van der Waals surface area contributed by atoms with Crippen LogP contribution in [0.1, 0.15) is 40.3 Å². The molecule has 0 aliphatic carbocycles. The van der Waals surface area contributed by atoms with Gasteiger partial charge in [0.15, 0.2) is 0 Å². The molecule has 0 aliphatic rings. The number of carbonyl (C=O) groups is 1. The van der Waals surface area contributed by atoms with Gasteiger partial charge in [0.2, 0.25) is 0 Å². The highest BCUT2D eigenvalue weighted by molar-refractivity contribution is 7.17. The molecule has 6 heteroatoms. The van der Waals surface area contributed by atoms with Crippen LogP contribution in [0.4, 0.5) is 0 Å². The number of carboxylic acids is 1. The Kier molecular flexibility index (Phi) is 4.36. The molecule has 1 N–H and O–H groups in total. The van der Waals surface area contributed by atoms with Crippen molar-refractivity contribution in [2.75, 3.05) is 0 Å². The van der Waals surface area contributed by atoms with Crippen LogP contribution < -0.4 is 0 Å². The molecule has 0 saturated carbocycles. The fraction of sp³-hybridized carbons (Fsp3) is 0.316. The van der Waals surface area contributed by atoms with Gasteiger partial charge in [0.1, 0.15) is 16.0 Å². The SMILES string of the molecule is Cc1nc(-c2cc(C#N)c3c(c2)c(C)cn3CC(C)C)sc1C(=O)O. The maximum atomic E-state index is 11.3. The van der Waals surface area contributed by atoms with E-state index in [1.807, 2.05) is 19.1 Å². The molecule has 2 heterocycles. The lowest BCUT2D eigenvalue weighted by Crippen LogP contribution is -2.03. The summed E-state index contributed by atoms with van der Waals surface area (Å²) in [4.78, 5) is 15.9. The first-order valence-electron chi connectivity index (χ1n) is 8.06. The van der Waals surface area contributed by atoms with E-state index in [0.29, 0.717) is 22.2 Å². The van der Waals surface area contributed by atoms with Crippen LogP contribution >= 0.6 is 11.3 Å². The number of aromatic nitrogens is 2. The highest BCUT2D eigenvalue weighted by Gasteiger charge is 2.18. The number of aromatic carboxylic acids is 1. The van der Waals surface area contributed by atoms with Crippen LogP contribution in [0, 0.1) is 31.1 Å². The van der Waals surface area contributed by atoms with Gasteiger partial charge in [-0.25, -0.2) is 9.78 Å². The summed E-state index contributed by atoms with van der Waals surface area (Å²) in [7, 11) is 0. The molecule has 0 radical (unpaired) electrons. The number of benzene rings is 1. The Labute approximate surface area is 150 Å². The normalized spacial score (nSPS) is 11.2. The van der Waals surface area contributed by atoms with E-state index in [4.69, 9.17) is 0 Å². The third-order valence-corrected chi connectivity index (χ3v) is 5.29. The second-order valence-electron chi connectivity index (χ2n) is 6.63. The van der Waals surface area contributed by atoms with Crippen LogP contribution in [0.2, 0.25) is 0 Å². The smallest absolute Gasteiger partial charge is 0.347 e. The monoisotopic (exact) mass is 353 g/mol. The molecule has 0 bridgehead atoms. The molecule has 25 heavy (non-hydrogen) atoms. The first-order chi connectivity index (χ1) is 11.8. The van der Waals surface area contributed by atoms with E-state index in [-0.39, 0.29) is 4.88 Å². The van der Waals surface area contributed by atoms with Crippen molar-refractivity contribution < 1.29 is 9.90 Å². The molecule has 0 unspecified atom stereocenters. The van der Waals surface area contributed by atoms with Gasteiger partial charge in [-0.05, 0) is 37.5 Å². The summed E-state index contributed by atoms with van der Waals surface area (Å²) in [5.74, 6) is -0.497. The molecule has 0 amide bonds. The molecule has 0 fully saturated rings. The standard InChI is InChI=1S/C19H19N3O2S/c1-10(2)8-22-9-11(3)15-6-13(5-14(7-20)16(15)22)18-21-12(4)17(25-18)19(23)24/h5-6,9-10H,8H2,1-4H3,(H,23,24). The number of aryl methyl sites for hydroxylation is 2. The van der Waals surface area contributed by atoms with Crippen LogP contribution in [0.25, 0.3) is 21.5 Å². The lowest BCUT2D eigenvalue weighted by Gasteiger charge is -2.10. The molecule has 0 aliphatic heterocycles. The zero-order valence-electron chi connectivity index (χ0n) is 14.6. The Morgan fingerprint density at radius 3 is 2.68 bits per heavy atom. The summed E-state index contributed by atoms with van der Waals surface area (Å²) in [6.45, 7) is 8.86. The molecule has 3 rings (SSSR count). The van der Waals surface area contributed by atoms with Crippen molar-refractivity contribution >= 4 is 28.2 Å². The number of thiazole rings is 1. The highest BCUT2D eigenvalue weighted by atomic mass is 32.1. The van der Waals surface area contributed by atoms with Crippen LogP contribution in [0.3, 0.4) is 0 Å². The van der Waals surface area contributed by atoms with Crippen molar-refractivity contribution in [3.8, 4) is 16.6 Å². The highest BCUT2D eigenvalue weighted by Crippen LogP contribution is 2.34. The minimum absolute atomic E-state index is 0.239. The summed E-state index contributed by atoms with van der Waals surface area (Å²) in [6.07, 6.45) is 2.07. The third kappa shape index (κ3) is 3.03. The van der Waals surface area contributed by atoms with Crippen LogP contribution in [-0.4, -0.2) is 20.6 Å². The molecule has 2 aromatic heterocycles. The Balaban J connectivity index is 2.23. The number of hydrogen-bond acceptors (Lipinski definition) is 4. The van der Waals surface area contributed by atoms with Gasteiger partial charge in [-0.1, -0.05) is 13.8 Å². The lowest BCUT2D eigenvalue weighted by atomic mass is 10.1. The van der Waals surface area contributed by atoms with Crippen molar-refractivity contribution in [3.05, 3.63) is 40.0 Å². The number of rotatable bonds is 4. The molecule has 0 saturated heterocycles. The molecule has 0 atom stereocenters. The van der Waals surface area contributed by atoms with E-state index in [1.165, 1.54) is 0 Å². The molecular weight excluding hydrogens is 334 g/mol. The topological polar surface area (TPSA) is 78.9 Å². The van der Waals surface area contributed by atoms with E-state index >= 15 is 0 Å². The Morgan fingerprint density at radius 1 is 1.40 bits per heavy atom. The number of fused-ring (bicyclic) bond motifs is 1. The average Bonchev–Trinajstić information content (AvgIpc) is 3.07. The quantitative estimate of drug-likeness (QED) is 0.743. The maximum Gasteiger partial charge on any atom is 0.347 e. The molecule has 0 spiro atoms. The predicted octanol–water partition coefficient (Wildman–Crippen LogP) is 4.61. The van der Waals surface area contributed by atoms with Gasteiger partial charge in [0.05, 0.1) is 16.8 Å². The van der Waals surface area contributed by atoms with E-state index in [2.05, 4.69) is 35.7 Å². The fourth-order valence-electron chi connectivity index (χ4n) is 3.08. The molecule has 1 aromatic carbocycles. The van der Waals surface area contributed by atoms with Crippen molar-refractivity contribution in [1.29, 1.82) is 5.26 Å². The van der Waals surface area contributed by atoms with Crippen molar-refractivity contribution in [2.24, 2.45) is 5.92 Å². The van der Waals surface area contributed by atoms with Crippen LogP contribution in [0.5, 0.6) is 0 Å². The molecule has 128 valence electrons. The second kappa shape index (κ2) is 6.34. The Bertz CT molecular complexity index is 1020. The summed E-state index contributed by atoms with van der Waals surface area (Å²) in [5, 5.41) is 20.5. The van der Waals surface area contributed by atoms with Gasteiger partial charge >= 0.3 is 5.97 Å². The number of nitriles is 1. The summed E-state index contributed by atoms with van der Waals surface area (Å²) >= 11 is 1.14. The number of hydrogen-bond donors (Lipinski definition) is 1. The van der Waals surface area contributed by atoms with Crippen molar-refractivity contribution in [3.63, 3.8) is 0 Å². The second-order valence-corrected chi connectivity index (χ2v) is 7.63. The van der Waals surface area contributed by atoms with Gasteiger partial charge in [-0.2, -0.15) is 5.26 Å². The average molecular weight is 353 g/mol. The zero-order chi connectivity index (χ0) is 18.3. The lowest BCUT2D eigenvalue weighted by molar-refractivity contribution is 0.0701. The Morgan fingerprint density at radius 2 is 2.12 bits per heavy atom. The fourth-order valence-corrected chi connectivity index (χ4v) is 3.97. The van der Waals surface area contributed by atoms with Crippen molar-refractivity contribution in [1.82, 2.24) is 9.55 Å². The molecule has 5 nitrogen and oxygen atoms in total. The minimum atomic E-state index is -0.970. The van der Waals surface area contributed by atoms with Crippen LogP contribution in [0.15, 0.2) is 18.3 Å². The maximum absolute atomic E-state index is 11.3. The number of carboxylic acid groups (broad SMARTS) is 1. The van der Waals surface area contributed by atoms with E-state index in [1.54, 1.807) is 6.92 Å². The van der Waals surface area contributed by atoms with Gasteiger partial charge in [-0.3, -0.25) is 0 Å². The minimum Gasteiger partial charge on any atom is -0.477 e. The first kappa shape index (κ1) is 17.2. The van der Waals surface area contributed by atoms with Gasteiger partial charge in [0, 0.05) is 23.7 Å². The summed E-state index contributed by atoms with van der Waals surface area (Å²) < 4.78 is 2.13. The van der Waals surface area contributed by atoms with E-state index in [0.717, 1.165) is 39.9 Å². The van der Waals surface area contributed by atoms with Crippen LogP contribution in [-0.2, 0) is 6.54 Å². The molecular formula is C19H19N3O2S. The number of nitrogens with zero attached hydrogens (tertiary/aromatic N) is 3. The third-order valence-electron chi connectivity index (χ3n) is 4.09. The predicted molar refractivity (Wildman–Crippen MR) is 99.0 cm³/mol. The summed E-state index contributed by atoms with van der Waals surface area (Å²) in [5.41, 5.74) is 3.91. The first-order valence-corrected chi connectivity index (χ1v) is 8.88. The summed E-state index contributed by atoms with van der Waals surface area (Å²) in [6, 6.07) is 6.11. The van der Waals surface area contributed by atoms with Gasteiger partial charge in [0.25, 0.3) is 0 Å². The molecule has 3 aromatic rings. The van der Waals surface area contributed by atoms with Gasteiger partial charge in [-0.15, -0.1) is 11.3 Å². The largest absolute Gasteiger partial charge is 0.477 e.